The minimum absolute atomic E-state index is 0.0406. The summed E-state index contributed by atoms with van der Waals surface area (Å²) < 4.78 is 41.9. The number of amides is 1. The van der Waals surface area contributed by atoms with Crippen LogP contribution in [0.5, 0.6) is 0 Å². The first kappa shape index (κ1) is 22.9. The fourth-order valence-electron chi connectivity index (χ4n) is 3.48. The molecule has 4 rings (SSSR count). The van der Waals surface area contributed by atoms with E-state index in [1.54, 1.807) is 18.2 Å². The third kappa shape index (κ3) is 5.22. The highest BCUT2D eigenvalue weighted by Crippen LogP contribution is 2.24. The largest absolute Gasteiger partial charge is 0.324 e. The summed E-state index contributed by atoms with van der Waals surface area (Å²) in [5.74, 6) is -1.09. The molecule has 0 spiro atoms. The third-order valence-corrected chi connectivity index (χ3v) is 7.20. The van der Waals surface area contributed by atoms with Crippen molar-refractivity contribution in [3.63, 3.8) is 0 Å². The van der Waals surface area contributed by atoms with Crippen LogP contribution in [0.4, 0.5) is 10.1 Å². The molecule has 0 bridgehead atoms. The van der Waals surface area contributed by atoms with Gasteiger partial charge >= 0.3 is 0 Å². The number of fused-ring (bicyclic) bond motifs is 1. The van der Waals surface area contributed by atoms with Gasteiger partial charge in [-0.25, -0.2) is 12.8 Å². The van der Waals surface area contributed by atoms with Crippen LogP contribution in [0.1, 0.15) is 5.56 Å². The lowest BCUT2D eigenvalue weighted by Gasteiger charge is -2.22. The molecule has 168 valence electrons. The number of nitrogens with one attached hydrogen (secondary N) is 1. The van der Waals surface area contributed by atoms with Crippen LogP contribution in [0.3, 0.4) is 0 Å². The van der Waals surface area contributed by atoms with Crippen LogP contribution >= 0.6 is 11.6 Å². The van der Waals surface area contributed by atoms with Crippen LogP contribution in [0.25, 0.3) is 10.8 Å². The average Bonchev–Trinajstić information content (AvgIpc) is 2.80. The summed E-state index contributed by atoms with van der Waals surface area (Å²) in [5.41, 5.74) is 0.723. The van der Waals surface area contributed by atoms with Gasteiger partial charge in [0, 0.05) is 28.2 Å². The van der Waals surface area contributed by atoms with Crippen molar-refractivity contribution in [2.75, 3.05) is 11.9 Å². The number of anilines is 1. The van der Waals surface area contributed by atoms with Crippen LogP contribution in [0, 0.1) is 5.82 Å². The summed E-state index contributed by atoms with van der Waals surface area (Å²) in [6.07, 6.45) is 0. The Morgan fingerprint density at radius 1 is 0.879 bits per heavy atom. The Labute approximate surface area is 196 Å². The van der Waals surface area contributed by atoms with E-state index >= 15 is 0 Å². The SMILES string of the molecule is O=C(CN(Cc1ccccc1F)S(=O)(=O)c1ccc(Cl)cc1)Nc1cccc2ccccc12. The van der Waals surface area contributed by atoms with Crippen molar-refractivity contribution < 1.29 is 17.6 Å². The summed E-state index contributed by atoms with van der Waals surface area (Å²) in [6, 6.07) is 24.5. The first-order valence-electron chi connectivity index (χ1n) is 10.1. The summed E-state index contributed by atoms with van der Waals surface area (Å²) >= 11 is 5.89. The zero-order valence-electron chi connectivity index (χ0n) is 17.4. The van der Waals surface area contributed by atoms with Crippen LogP contribution in [0.15, 0.2) is 95.9 Å². The molecule has 0 radical (unpaired) electrons. The quantitative estimate of drug-likeness (QED) is 0.380. The molecule has 5 nitrogen and oxygen atoms in total. The normalized spacial score (nSPS) is 11.6. The maximum Gasteiger partial charge on any atom is 0.243 e. The molecule has 8 heteroatoms. The Hall–Kier alpha value is -3.26. The van der Waals surface area contributed by atoms with Crippen molar-refractivity contribution in [2.24, 2.45) is 0 Å². The first-order chi connectivity index (χ1) is 15.8. The number of hydrogen-bond donors (Lipinski definition) is 1. The van der Waals surface area contributed by atoms with Crippen LogP contribution in [-0.4, -0.2) is 25.2 Å². The van der Waals surface area contributed by atoms with Gasteiger partial charge in [0.15, 0.2) is 0 Å². The van der Waals surface area contributed by atoms with E-state index in [2.05, 4.69) is 5.32 Å². The van der Waals surface area contributed by atoms with Gasteiger partial charge in [0.05, 0.1) is 11.4 Å². The Morgan fingerprint density at radius 2 is 1.55 bits per heavy atom. The van der Waals surface area contributed by atoms with Crippen molar-refractivity contribution in [2.45, 2.75) is 11.4 Å². The molecule has 4 aromatic rings. The Kier molecular flexibility index (Phi) is 6.74. The second kappa shape index (κ2) is 9.70. The molecule has 0 aliphatic heterocycles. The zero-order chi connectivity index (χ0) is 23.4. The molecule has 1 N–H and O–H groups in total. The number of nitrogens with zero attached hydrogens (tertiary/aromatic N) is 1. The summed E-state index contributed by atoms with van der Waals surface area (Å²) in [6.45, 7) is -0.802. The van der Waals surface area contributed by atoms with E-state index in [-0.39, 0.29) is 17.0 Å². The number of carbonyl (C=O) groups excluding carboxylic acids is 1. The van der Waals surface area contributed by atoms with Gasteiger partial charge in [-0.1, -0.05) is 66.2 Å². The molecular weight excluding hydrogens is 463 g/mol. The Morgan fingerprint density at radius 3 is 2.30 bits per heavy atom. The highest BCUT2D eigenvalue weighted by molar-refractivity contribution is 7.89. The van der Waals surface area contributed by atoms with Crippen molar-refractivity contribution in [1.29, 1.82) is 0 Å². The summed E-state index contributed by atoms with van der Waals surface area (Å²) in [7, 11) is -4.12. The highest BCUT2D eigenvalue weighted by Gasteiger charge is 2.28. The monoisotopic (exact) mass is 482 g/mol. The number of carbonyl (C=O) groups is 1. The molecule has 0 saturated heterocycles. The number of benzene rings is 4. The van der Waals surface area contributed by atoms with E-state index in [9.17, 15) is 17.6 Å². The lowest BCUT2D eigenvalue weighted by atomic mass is 10.1. The maximum atomic E-state index is 14.3. The lowest BCUT2D eigenvalue weighted by molar-refractivity contribution is -0.116. The van der Waals surface area contributed by atoms with Gasteiger partial charge in [-0.2, -0.15) is 4.31 Å². The van der Waals surface area contributed by atoms with Gasteiger partial charge in [-0.15, -0.1) is 0 Å². The molecule has 4 aromatic carbocycles. The number of halogens is 2. The van der Waals surface area contributed by atoms with Crippen molar-refractivity contribution in [3.8, 4) is 0 Å². The van der Waals surface area contributed by atoms with Crippen LogP contribution < -0.4 is 5.32 Å². The first-order valence-corrected chi connectivity index (χ1v) is 11.9. The minimum Gasteiger partial charge on any atom is -0.324 e. The predicted molar refractivity (Wildman–Crippen MR) is 128 cm³/mol. The maximum absolute atomic E-state index is 14.3. The second-order valence-electron chi connectivity index (χ2n) is 7.39. The predicted octanol–water partition coefficient (Wildman–Crippen LogP) is 5.46. The van der Waals surface area contributed by atoms with E-state index in [1.807, 2.05) is 30.3 Å². The number of sulfonamides is 1. The van der Waals surface area contributed by atoms with Gasteiger partial charge in [0.25, 0.3) is 0 Å². The molecule has 0 atom stereocenters. The van der Waals surface area contributed by atoms with Crippen LogP contribution in [0.2, 0.25) is 5.02 Å². The smallest absolute Gasteiger partial charge is 0.243 e. The minimum atomic E-state index is -4.12. The van der Waals surface area contributed by atoms with Crippen molar-refractivity contribution >= 4 is 44.0 Å². The molecule has 0 aromatic heterocycles. The van der Waals surface area contributed by atoms with Gasteiger partial charge < -0.3 is 5.32 Å². The molecule has 0 heterocycles. The van der Waals surface area contributed by atoms with E-state index in [0.717, 1.165) is 15.1 Å². The summed E-state index contributed by atoms with van der Waals surface area (Å²) in [4.78, 5) is 12.9. The fourth-order valence-corrected chi connectivity index (χ4v) is 4.98. The topological polar surface area (TPSA) is 66.5 Å². The van der Waals surface area contributed by atoms with Gasteiger partial charge in [0.1, 0.15) is 5.82 Å². The fraction of sp³-hybridized carbons (Fsp3) is 0.0800. The number of rotatable bonds is 7. The van der Waals surface area contributed by atoms with Gasteiger partial charge in [-0.05, 0) is 41.8 Å². The molecule has 33 heavy (non-hydrogen) atoms. The molecule has 0 unspecified atom stereocenters. The molecule has 0 saturated carbocycles. The standard InChI is InChI=1S/C25H20ClFN2O3S/c26-20-12-14-21(15-13-20)33(31,32)29(16-19-7-2-4-10-23(19)27)17-25(30)28-24-11-5-8-18-6-1-3-9-22(18)24/h1-15H,16-17H2,(H,28,30). The van der Waals surface area contributed by atoms with Gasteiger partial charge in [-0.3, -0.25) is 4.79 Å². The molecule has 0 fully saturated rings. The zero-order valence-corrected chi connectivity index (χ0v) is 19.0. The van der Waals surface area contributed by atoms with Crippen molar-refractivity contribution in [3.05, 3.63) is 107 Å². The van der Waals surface area contributed by atoms with E-state index in [0.29, 0.717) is 10.7 Å². The highest BCUT2D eigenvalue weighted by atomic mass is 35.5. The Bertz CT molecular complexity index is 1400. The second-order valence-corrected chi connectivity index (χ2v) is 9.77. The van der Waals surface area contributed by atoms with E-state index < -0.39 is 28.3 Å². The molecule has 0 aliphatic rings. The lowest BCUT2D eigenvalue weighted by Crippen LogP contribution is -2.37. The summed E-state index contributed by atoms with van der Waals surface area (Å²) in [5, 5.41) is 4.93. The van der Waals surface area contributed by atoms with Gasteiger partial charge in [0.2, 0.25) is 15.9 Å². The van der Waals surface area contributed by atoms with E-state index in [1.165, 1.54) is 42.5 Å². The molecular formula is C25H20ClFN2O3S. The van der Waals surface area contributed by atoms with Crippen molar-refractivity contribution in [1.82, 2.24) is 4.31 Å². The Balaban J connectivity index is 1.64. The number of hydrogen-bond acceptors (Lipinski definition) is 3. The molecule has 0 aliphatic carbocycles. The van der Waals surface area contributed by atoms with E-state index in [4.69, 9.17) is 11.6 Å². The average molecular weight is 483 g/mol. The third-order valence-electron chi connectivity index (χ3n) is 5.14. The molecule has 1 amide bonds. The van der Waals surface area contributed by atoms with Crippen LogP contribution in [-0.2, 0) is 21.4 Å².